The molecule has 2 atom stereocenters. The van der Waals surface area contributed by atoms with Crippen LogP contribution in [0.5, 0.6) is 0 Å². The van der Waals surface area contributed by atoms with Gasteiger partial charge >= 0.3 is 0 Å². The number of hydrogen-bond donors (Lipinski definition) is 2. The molecular formula is C15H22FN3O. The molecule has 2 unspecified atom stereocenters. The van der Waals surface area contributed by atoms with Crippen LogP contribution < -0.4 is 5.73 Å². The lowest BCUT2D eigenvalue weighted by atomic mass is 10.1. The van der Waals surface area contributed by atoms with E-state index in [0.717, 1.165) is 18.5 Å². The number of nitrogen functional groups attached to an aromatic ring is 1. The highest BCUT2D eigenvalue weighted by atomic mass is 19.1. The zero-order chi connectivity index (χ0) is 14.7. The molecule has 1 saturated heterocycles. The molecule has 3 N–H and O–H groups in total. The summed E-state index contributed by atoms with van der Waals surface area (Å²) in [7, 11) is 0. The SMILES string of the molecule is CCC1COC(C)CN1Cc1cc(F)cc(C(=N)N)c1. The molecule has 1 aliphatic rings. The van der Waals surface area contributed by atoms with Crippen molar-refractivity contribution >= 4 is 5.84 Å². The van der Waals surface area contributed by atoms with E-state index in [-0.39, 0.29) is 17.8 Å². The number of benzene rings is 1. The first-order valence-electron chi connectivity index (χ1n) is 6.99. The molecule has 20 heavy (non-hydrogen) atoms. The first-order chi connectivity index (χ1) is 9.49. The van der Waals surface area contributed by atoms with Crippen molar-refractivity contribution in [2.75, 3.05) is 13.2 Å². The van der Waals surface area contributed by atoms with Crippen LogP contribution in [-0.4, -0.2) is 36.0 Å². The molecule has 1 aromatic carbocycles. The van der Waals surface area contributed by atoms with Gasteiger partial charge in [0.05, 0.1) is 12.7 Å². The Hall–Kier alpha value is -1.46. The van der Waals surface area contributed by atoms with E-state index in [1.165, 1.54) is 12.1 Å². The van der Waals surface area contributed by atoms with Crippen LogP contribution in [0.3, 0.4) is 0 Å². The van der Waals surface area contributed by atoms with E-state index >= 15 is 0 Å². The Morgan fingerprint density at radius 3 is 2.90 bits per heavy atom. The Labute approximate surface area is 119 Å². The van der Waals surface area contributed by atoms with Gasteiger partial charge in [0.1, 0.15) is 11.7 Å². The first kappa shape index (κ1) is 14.9. The largest absolute Gasteiger partial charge is 0.384 e. The molecule has 110 valence electrons. The van der Waals surface area contributed by atoms with E-state index in [1.807, 2.05) is 6.92 Å². The van der Waals surface area contributed by atoms with Gasteiger partial charge in [-0.25, -0.2) is 4.39 Å². The van der Waals surface area contributed by atoms with E-state index in [1.54, 1.807) is 6.07 Å². The quantitative estimate of drug-likeness (QED) is 0.655. The number of hydrogen-bond acceptors (Lipinski definition) is 3. The van der Waals surface area contributed by atoms with Gasteiger partial charge < -0.3 is 10.5 Å². The number of amidine groups is 1. The lowest BCUT2D eigenvalue weighted by Crippen LogP contribution is -2.47. The number of rotatable bonds is 4. The van der Waals surface area contributed by atoms with Gasteiger partial charge in [-0.2, -0.15) is 0 Å². The predicted molar refractivity (Wildman–Crippen MR) is 77.3 cm³/mol. The fraction of sp³-hybridized carbons (Fsp3) is 0.533. The summed E-state index contributed by atoms with van der Waals surface area (Å²) in [5.74, 6) is -0.449. The second-order valence-electron chi connectivity index (χ2n) is 5.40. The highest BCUT2D eigenvalue weighted by Crippen LogP contribution is 2.19. The number of ether oxygens (including phenoxy) is 1. The Balaban J connectivity index is 2.17. The summed E-state index contributed by atoms with van der Waals surface area (Å²) in [6.45, 7) is 6.39. The Morgan fingerprint density at radius 2 is 2.25 bits per heavy atom. The number of halogens is 1. The Morgan fingerprint density at radius 1 is 1.50 bits per heavy atom. The number of nitrogens with one attached hydrogen (secondary N) is 1. The maximum Gasteiger partial charge on any atom is 0.124 e. The second kappa shape index (κ2) is 6.33. The van der Waals surface area contributed by atoms with Crippen LogP contribution in [0.4, 0.5) is 4.39 Å². The summed E-state index contributed by atoms with van der Waals surface area (Å²) in [5.41, 5.74) is 6.73. The Bertz CT molecular complexity index is 492. The van der Waals surface area contributed by atoms with Crippen LogP contribution in [0.2, 0.25) is 0 Å². The maximum absolute atomic E-state index is 13.6. The van der Waals surface area contributed by atoms with Crippen molar-refractivity contribution in [1.82, 2.24) is 4.90 Å². The summed E-state index contributed by atoms with van der Waals surface area (Å²) in [5, 5.41) is 7.43. The van der Waals surface area contributed by atoms with E-state index in [0.29, 0.717) is 24.8 Å². The first-order valence-corrected chi connectivity index (χ1v) is 6.99. The van der Waals surface area contributed by atoms with Gasteiger partial charge in [0.2, 0.25) is 0 Å². The zero-order valence-electron chi connectivity index (χ0n) is 12.0. The maximum atomic E-state index is 13.6. The van der Waals surface area contributed by atoms with Crippen LogP contribution in [0, 0.1) is 11.2 Å². The molecule has 0 aromatic heterocycles. The zero-order valence-corrected chi connectivity index (χ0v) is 12.0. The summed E-state index contributed by atoms with van der Waals surface area (Å²) < 4.78 is 19.3. The van der Waals surface area contributed by atoms with Crippen LogP contribution in [0.25, 0.3) is 0 Å². The summed E-state index contributed by atoms with van der Waals surface area (Å²) >= 11 is 0. The minimum Gasteiger partial charge on any atom is -0.384 e. The van der Waals surface area contributed by atoms with E-state index in [4.69, 9.17) is 15.9 Å². The molecule has 4 nitrogen and oxygen atoms in total. The lowest BCUT2D eigenvalue weighted by Gasteiger charge is -2.38. The smallest absolute Gasteiger partial charge is 0.124 e. The molecule has 0 spiro atoms. The summed E-state index contributed by atoms with van der Waals surface area (Å²) in [6, 6.07) is 4.96. The van der Waals surface area contributed by atoms with E-state index in [9.17, 15) is 4.39 Å². The van der Waals surface area contributed by atoms with Crippen molar-refractivity contribution in [3.63, 3.8) is 0 Å². The minimum atomic E-state index is -0.345. The van der Waals surface area contributed by atoms with Crippen molar-refractivity contribution in [3.8, 4) is 0 Å². The van der Waals surface area contributed by atoms with E-state index in [2.05, 4.69) is 11.8 Å². The van der Waals surface area contributed by atoms with Gasteiger partial charge in [-0.1, -0.05) is 6.92 Å². The predicted octanol–water partition coefficient (Wildman–Crippen LogP) is 2.11. The highest BCUT2D eigenvalue weighted by molar-refractivity contribution is 5.95. The van der Waals surface area contributed by atoms with Crippen LogP contribution >= 0.6 is 0 Å². The molecule has 0 radical (unpaired) electrons. The number of nitrogens with zero attached hydrogens (tertiary/aromatic N) is 1. The van der Waals surface area contributed by atoms with Crippen molar-refractivity contribution in [1.29, 1.82) is 5.41 Å². The Kier molecular flexibility index (Phi) is 4.73. The topological polar surface area (TPSA) is 62.3 Å². The van der Waals surface area contributed by atoms with Gasteiger partial charge in [-0.05, 0) is 37.1 Å². The summed E-state index contributed by atoms with van der Waals surface area (Å²) in [6.07, 6.45) is 1.19. The average Bonchev–Trinajstić information content (AvgIpc) is 2.38. The van der Waals surface area contributed by atoms with Crippen molar-refractivity contribution in [2.24, 2.45) is 5.73 Å². The van der Waals surface area contributed by atoms with Crippen LogP contribution in [-0.2, 0) is 11.3 Å². The fourth-order valence-corrected chi connectivity index (χ4v) is 2.61. The van der Waals surface area contributed by atoms with E-state index < -0.39 is 0 Å². The molecular weight excluding hydrogens is 257 g/mol. The van der Waals surface area contributed by atoms with Gasteiger partial charge in [0.15, 0.2) is 0 Å². The number of nitrogens with two attached hydrogens (primary N) is 1. The molecule has 0 saturated carbocycles. The molecule has 5 heteroatoms. The summed E-state index contributed by atoms with van der Waals surface area (Å²) in [4.78, 5) is 2.31. The average molecular weight is 279 g/mol. The molecule has 1 fully saturated rings. The third-order valence-electron chi connectivity index (χ3n) is 3.71. The van der Waals surface area contributed by atoms with Crippen molar-refractivity contribution in [2.45, 2.75) is 39.0 Å². The lowest BCUT2D eigenvalue weighted by molar-refractivity contribution is -0.0592. The third-order valence-corrected chi connectivity index (χ3v) is 3.71. The molecule has 2 rings (SSSR count). The standard InChI is InChI=1S/C15H22FN3O/c1-3-14-9-20-10(2)7-19(14)8-11-4-12(15(17)18)6-13(16)5-11/h4-6,10,14H,3,7-9H2,1-2H3,(H3,17,18). The third kappa shape index (κ3) is 3.55. The van der Waals surface area contributed by atoms with Crippen molar-refractivity contribution < 1.29 is 9.13 Å². The van der Waals surface area contributed by atoms with Gasteiger partial charge in [0.25, 0.3) is 0 Å². The van der Waals surface area contributed by atoms with Gasteiger partial charge in [-0.15, -0.1) is 0 Å². The molecule has 0 bridgehead atoms. The monoisotopic (exact) mass is 279 g/mol. The molecule has 1 aromatic rings. The second-order valence-corrected chi connectivity index (χ2v) is 5.40. The minimum absolute atomic E-state index is 0.104. The molecule has 1 heterocycles. The molecule has 0 aliphatic carbocycles. The van der Waals surface area contributed by atoms with Gasteiger partial charge in [-0.3, -0.25) is 10.3 Å². The normalized spacial score (nSPS) is 23.8. The highest BCUT2D eigenvalue weighted by Gasteiger charge is 2.25. The fourth-order valence-electron chi connectivity index (χ4n) is 2.61. The molecule has 1 aliphatic heterocycles. The molecule has 0 amide bonds. The number of morpholine rings is 1. The van der Waals surface area contributed by atoms with Gasteiger partial charge in [0, 0.05) is 24.7 Å². The van der Waals surface area contributed by atoms with Crippen LogP contribution in [0.15, 0.2) is 18.2 Å². The van der Waals surface area contributed by atoms with Crippen LogP contribution in [0.1, 0.15) is 31.4 Å². The van der Waals surface area contributed by atoms with Crippen molar-refractivity contribution in [3.05, 3.63) is 35.1 Å².